The molecule has 3 heterocycles. The maximum atomic E-state index is 13.5. The van der Waals surface area contributed by atoms with E-state index < -0.39 is 5.56 Å². The fourth-order valence-electron chi connectivity index (χ4n) is 4.88. The lowest BCUT2D eigenvalue weighted by atomic mass is 10.0. The average Bonchev–Trinajstić information content (AvgIpc) is 3.35. The van der Waals surface area contributed by atoms with Crippen LogP contribution in [0, 0.1) is 0 Å². The van der Waals surface area contributed by atoms with Crippen LogP contribution >= 0.6 is 0 Å². The van der Waals surface area contributed by atoms with Gasteiger partial charge in [-0.2, -0.15) is 0 Å². The zero-order valence-electron chi connectivity index (χ0n) is 19.6. The standard InChI is InChI=1S/C27H24N6O3/c1-31-13-14-32(16-23(31)17-5-3-2-4-6-17)27(36)19-9-12-22-21(15-19)28-26(35)25-30-29-24(33(22)25)18-7-10-20(34)11-8-18/h2-12,15,23,34H,13-14,16H2,1H3,(H,28,35). The normalized spacial score (nSPS) is 16.6. The van der Waals surface area contributed by atoms with Crippen molar-refractivity contribution >= 4 is 22.6 Å². The number of nitrogens with zero attached hydrogens (tertiary/aromatic N) is 5. The largest absolute Gasteiger partial charge is 0.508 e. The van der Waals surface area contributed by atoms with Crippen LogP contribution in [-0.2, 0) is 0 Å². The Hall–Kier alpha value is -4.50. The molecule has 1 amide bonds. The summed E-state index contributed by atoms with van der Waals surface area (Å²) in [6.07, 6.45) is 0. The number of aromatic hydroxyl groups is 1. The maximum absolute atomic E-state index is 13.5. The molecule has 9 heteroatoms. The highest BCUT2D eigenvalue weighted by atomic mass is 16.3. The Morgan fingerprint density at radius 2 is 1.78 bits per heavy atom. The number of phenols is 1. The number of hydrogen-bond donors (Lipinski definition) is 2. The number of rotatable bonds is 3. The van der Waals surface area contributed by atoms with Crippen LogP contribution in [0.2, 0.25) is 0 Å². The Balaban J connectivity index is 1.38. The molecule has 6 rings (SSSR count). The molecule has 3 aromatic carbocycles. The summed E-state index contributed by atoms with van der Waals surface area (Å²) in [6.45, 7) is 1.99. The van der Waals surface area contributed by atoms with Gasteiger partial charge in [-0.15, -0.1) is 10.2 Å². The van der Waals surface area contributed by atoms with Crippen LogP contribution in [0.4, 0.5) is 0 Å². The quantitative estimate of drug-likeness (QED) is 0.411. The maximum Gasteiger partial charge on any atom is 0.294 e. The number of phenolic OH excluding ortho intramolecular Hbond substituents is 1. The third kappa shape index (κ3) is 3.70. The number of piperazine rings is 1. The predicted octanol–water partition coefficient (Wildman–Crippen LogP) is 3.07. The zero-order valence-corrected chi connectivity index (χ0v) is 19.6. The van der Waals surface area contributed by atoms with E-state index >= 15 is 0 Å². The first-order valence-corrected chi connectivity index (χ1v) is 11.7. The molecular formula is C27H24N6O3. The van der Waals surface area contributed by atoms with Crippen molar-refractivity contribution in [3.63, 3.8) is 0 Å². The van der Waals surface area contributed by atoms with E-state index in [1.165, 1.54) is 5.56 Å². The molecule has 1 aliphatic heterocycles. The van der Waals surface area contributed by atoms with Crippen LogP contribution in [0.3, 0.4) is 0 Å². The van der Waals surface area contributed by atoms with Gasteiger partial charge in [-0.3, -0.25) is 18.9 Å². The van der Waals surface area contributed by atoms with E-state index in [9.17, 15) is 14.7 Å². The van der Waals surface area contributed by atoms with Gasteiger partial charge in [0.1, 0.15) is 5.75 Å². The zero-order chi connectivity index (χ0) is 24.8. The molecule has 180 valence electrons. The molecule has 36 heavy (non-hydrogen) atoms. The van der Waals surface area contributed by atoms with Crippen molar-refractivity contribution < 1.29 is 9.90 Å². The van der Waals surface area contributed by atoms with E-state index in [1.807, 2.05) is 29.2 Å². The van der Waals surface area contributed by atoms with Crippen LogP contribution in [0.25, 0.3) is 28.1 Å². The summed E-state index contributed by atoms with van der Waals surface area (Å²) in [5.74, 6) is 0.538. The third-order valence-corrected chi connectivity index (χ3v) is 6.84. The summed E-state index contributed by atoms with van der Waals surface area (Å²) in [5, 5.41) is 17.9. The summed E-state index contributed by atoms with van der Waals surface area (Å²) < 4.78 is 1.68. The SMILES string of the molecule is CN1CCN(C(=O)c2ccc3c(c2)[nH]c(=O)c2nnc(-c4ccc(O)cc4)n23)CC1c1ccccc1. The number of aromatic amines is 1. The minimum Gasteiger partial charge on any atom is -0.508 e. The lowest BCUT2D eigenvalue weighted by Crippen LogP contribution is -2.49. The molecule has 0 aliphatic carbocycles. The van der Waals surface area contributed by atoms with Crippen LogP contribution in [0.1, 0.15) is 22.0 Å². The van der Waals surface area contributed by atoms with Gasteiger partial charge in [-0.05, 0) is 55.1 Å². The molecule has 1 fully saturated rings. The molecule has 9 nitrogen and oxygen atoms in total. The summed E-state index contributed by atoms with van der Waals surface area (Å²) in [5.41, 5.74) is 3.35. The molecule has 1 saturated heterocycles. The fraction of sp³-hybridized carbons (Fsp3) is 0.185. The second kappa shape index (κ2) is 8.62. The molecular weight excluding hydrogens is 456 g/mol. The molecule has 1 atom stereocenters. The molecule has 1 aliphatic rings. The fourth-order valence-corrected chi connectivity index (χ4v) is 4.88. The highest BCUT2D eigenvalue weighted by molar-refractivity contribution is 5.97. The number of H-pyrrole nitrogens is 1. The van der Waals surface area contributed by atoms with E-state index in [0.29, 0.717) is 41.1 Å². The van der Waals surface area contributed by atoms with Gasteiger partial charge in [-0.1, -0.05) is 30.3 Å². The number of carbonyl (C=O) groups is 1. The van der Waals surface area contributed by atoms with Gasteiger partial charge in [-0.25, -0.2) is 0 Å². The Kier molecular flexibility index (Phi) is 5.26. The molecule has 1 unspecified atom stereocenters. The van der Waals surface area contributed by atoms with Crippen LogP contribution in [0.15, 0.2) is 77.6 Å². The highest BCUT2D eigenvalue weighted by Gasteiger charge is 2.29. The van der Waals surface area contributed by atoms with Crippen molar-refractivity contribution in [2.75, 3.05) is 26.7 Å². The van der Waals surface area contributed by atoms with Crippen molar-refractivity contribution in [3.8, 4) is 17.1 Å². The average molecular weight is 481 g/mol. The van der Waals surface area contributed by atoms with E-state index in [2.05, 4.69) is 39.3 Å². The lowest BCUT2D eigenvalue weighted by molar-refractivity contribution is 0.0546. The first-order chi connectivity index (χ1) is 17.5. The van der Waals surface area contributed by atoms with Crippen LogP contribution in [0.5, 0.6) is 5.75 Å². The second-order valence-corrected chi connectivity index (χ2v) is 9.07. The number of amides is 1. The number of likely N-dealkylation sites (N-methyl/N-ethyl adjacent to an activating group) is 1. The molecule has 2 N–H and O–H groups in total. The van der Waals surface area contributed by atoms with Crippen molar-refractivity contribution in [3.05, 3.63) is 94.3 Å². The number of carbonyl (C=O) groups excluding carboxylic acids is 1. The minimum absolute atomic E-state index is 0.0746. The van der Waals surface area contributed by atoms with Gasteiger partial charge >= 0.3 is 0 Å². The monoisotopic (exact) mass is 480 g/mol. The molecule has 0 saturated carbocycles. The van der Waals surface area contributed by atoms with Crippen LogP contribution < -0.4 is 5.56 Å². The first-order valence-electron chi connectivity index (χ1n) is 11.7. The van der Waals surface area contributed by atoms with E-state index in [0.717, 1.165) is 6.54 Å². The Morgan fingerprint density at radius 1 is 1.00 bits per heavy atom. The second-order valence-electron chi connectivity index (χ2n) is 9.07. The molecule has 0 bridgehead atoms. The molecule has 0 spiro atoms. The van der Waals surface area contributed by atoms with Crippen LogP contribution in [-0.4, -0.2) is 67.1 Å². The molecule has 5 aromatic rings. The smallest absolute Gasteiger partial charge is 0.294 e. The number of aromatic nitrogens is 4. The van der Waals surface area contributed by atoms with E-state index in [4.69, 9.17) is 0 Å². The van der Waals surface area contributed by atoms with Gasteiger partial charge in [0.25, 0.3) is 11.5 Å². The van der Waals surface area contributed by atoms with Gasteiger partial charge < -0.3 is 15.0 Å². The van der Waals surface area contributed by atoms with E-state index in [-0.39, 0.29) is 23.3 Å². The lowest BCUT2D eigenvalue weighted by Gasteiger charge is -2.39. The third-order valence-electron chi connectivity index (χ3n) is 6.84. The van der Waals surface area contributed by atoms with Crippen molar-refractivity contribution in [2.24, 2.45) is 0 Å². The number of nitrogens with one attached hydrogen (secondary N) is 1. The molecule has 2 aromatic heterocycles. The molecule has 0 radical (unpaired) electrons. The Morgan fingerprint density at radius 3 is 2.56 bits per heavy atom. The summed E-state index contributed by atoms with van der Waals surface area (Å²) >= 11 is 0. The van der Waals surface area contributed by atoms with Crippen molar-refractivity contribution in [1.29, 1.82) is 0 Å². The number of fused-ring (bicyclic) bond motifs is 3. The van der Waals surface area contributed by atoms with E-state index in [1.54, 1.807) is 40.8 Å². The predicted molar refractivity (Wildman–Crippen MR) is 136 cm³/mol. The summed E-state index contributed by atoms with van der Waals surface area (Å²) in [6, 6.07) is 22.2. The minimum atomic E-state index is -0.395. The first kappa shape index (κ1) is 22.0. The van der Waals surface area contributed by atoms with Crippen molar-refractivity contribution in [2.45, 2.75) is 6.04 Å². The van der Waals surface area contributed by atoms with Gasteiger partial charge in [0.15, 0.2) is 5.82 Å². The summed E-state index contributed by atoms with van der Waals surface area (Å²) in [4.78, 5) is 33.3. The topological polar surface area (TPSA) is 107 Å². The number of benzene rings is 3. The van der Waals surface area contributed by atoms with Gasteiger partial charge in [0.2, 0.25) is 5.65 Å². The van der Waals surface area contributed by atoms with Gasteiger partial charge in [0.05, 0.1) is 17.1 Å². The number of hydrogen-bond acceptors (Lipinski definition) is 6. The van der Waals surface area contributed by atoms with Crippen molar-refractivity contribution in [1.82, 2.24) is 29.4 Å². The Bertz CT molecular complexity index is 1640. The Labute approximate surface area is 206 Å². The highest BCUT2D eigenvalue weighted by Crippen LogP contribution is 2.27. The summed E-state index contributed by atoms with van der Waals surface area (Å²) in [7, 11) is 2.08. The van der Waals surface area contributed by atoms with Gasteiger partial charge in [0, 0.05) is 30.8 Å².